The van der Waals surface area contributed by atoms with Gasteiger partial charge in [-0.2, -0.15) is 25.3 Å². The fourth-order valence-electron chi connectivity index (χ4n) is 7.39. The summed E-state index contributed by atoms with van der Waals surface area (Å²) in [7, 11) is 0. The second-order valence-electron chi connectivity index (χ2n) is 17.9. The van der Waals surface area contributed by atoms with Crippen LogP contribution in [0.2, 0.25) is 0 Å². The van der Waals surface area contributed by atoms with Gasteiger partial charge in [-0.15, -0.1) is 48.1 Å². The van der Waals surface area contributed by atoms with Gasteiger partial charge in [0.25, 0.3) is 0 Å². The van der Waals surface area contributed by atoms with Crippen LogP contribution in [-0.2, 0) is 43.5 Å². The zero-order chi connectivity index (χ0) is 40.7. The Morgan fingerprint density at radius 3 is 1.88 bits per heavy atom. The van der Waals surface area contributed by atoms with Crippen LogP contribution in [0.3, 0.4) is 0 Å². The van der Waals surface area contributed by atoms with Crippen LogP contribution in [0.15, 0.2) is 109 Å². The van der Waals surface area contributed by atoms with Gasteiger partial charge in [0.1, 0.15) is 5.82 Å². The third-order valence-corrected chi connectivity index (χ3v) is 10.6. The SMILES string of the molecule is CC(C)(C)c1cc(N2[CH-]N(c3[c-]c(Oc4[c-]c5c(cc4)c4c(C(F)(F)F)cccc4n5-c4cc(C(C)(C)C)ccn4)ccc3)c3ccccc32)cc(C(C)(C)C)c1.[Pt]. The second kappa shape index (κ2) is 14.6. The van der Waals surface area contributed by atoms with Crippen molar-refractivity contribution in [3.63, 3.8) is 0 Å². The van der Waals surface area contributed by atoms with E-state index >= 15 is 0 Å². The molecule has 1 aliphatic rings. The molecule has 0 unspecified atom stereocenters. The second-order valence-corrected chi connectivity index (χ2v) is 17.9. The molecule has 302 valence electrons. The fourth-order valence-corrected chi connectivity index (χ4v) is 7.39. The molecule has 0 atom stereocenters. The molecule has 1 aliphatic heterocycles. The molecule has 9 heteroatoms. The molecule has 0 fully saturated rings. The summed E-state index contributed by atoms with van der Waals surface area (Å²) >= 11 is 0. The number of hydrogen-bond acceptors (Lipinski definition) is 4. The van der Waals surface area contributed by atoms with Crippen molar-refractivity contribution in [3.05, 3.63) is 150 Å². The van der Waals surface area contributed by atoms with Gasteiger partial charge in [0.2, 0.25) is 0 Å². The molecule has 0 aliphatic carbocycles. The minimum absolute atomic E-state index is 0. The normalized spacial score (nSPS) is 13.6. The quantitative estimate of drug-likeness (QED) is 0.161. The molecule has 0 amide bonds. The standard InChI is InChI=1S/C49H46F3N4O.Pt/c1-46(2,3)31-22-23-53-44(27-31)56-42-19-13-16-39(49(50,51)52)45(42)38-21-20-37(29-43(38)56)57-36-15-12-14-34(28-36)54-30-55(41-18-11-10-17-40(41)54)35-25-32(47(4,5)6)24-33(26-35)48(7,8)9;/h10-27,30H,1-9H3;/q-3;. The Morgan fingerprint density at radius 1 is 0.621 bits per heavy atom. The van der Waals surface area contributed by atoms with Gasteiger partial charge in [-0.1, -0.05) is 98.2 Å². The van der Waals surface area contributed by atoms with Gasteiger partial charge in [0.05, 0.1) is 5.56 Å². The minimum Gasteiger partial charge on any atom is -0.509 e. The number of rotatable bonds is 5. The maximum atomic E-state index is 14.5. The van der Waals surface area contributed by atoms with Gasteiger partial charge in [0.15, 0.2) is 0 Å². The van der Waals surface area contributed by atoms with E-state index in [4.69, 9.17) is 4.74 Å². The summed E-state index contributed by atoms with van der Waals surface area (Å²) in [6, 6.07) is 39.0. The van der Waals surface area contributed by atoms with Crippen LogP contribution in [0.25, 0.3) is 27.6 Å². The number of pyridine rings is 1. The fraction of sp³-hybridized carbons (Fsp3) is 0.265. The maximum absolute atomic E-state index is 14.5. The number of ether oxygens (including phenoxy) is 1. The van der Waals surface area contributed by atoms with Gasteiger partial charge in [-0.25, -0.2) is 4.98 Å². The van der Waals surface area contributed by atoms with E-state index in [9.17, 15) is 13.2 Å². The van der Waals surface area contributed by atoms with E-state index in [1.54, 1.807) is 29.0 Å². The molecule has 0 N–H and O–H groups in total. The van der Waals surface area contributed by atoms with E-state index in [0.29, 0.717) is 33.7 Å². The molecule has 5 aromatic carbocycles. The van der Waals surface area contributed by atoms with Crippen molar-refractivity contribution in [1.82, 2.24) is 9.55 Å². The smallest absolute Gasteiger partial charge is 0.416 e. The number of para-hydroxylation sites is 2. The molecule has 3 heterocycles. The summed E-state index contributed by atoms with van der Waals surface area (Å²) in [5, 5.41) is 0.495. The molecule has 0 bridgehead atoms. The Hall–Kier alpha value is -5.07. The zero-order valence-corrected chi connectivity index (χ0v) is 36.4. The summed E-state index contributed by atoms with van der Waals surface area (Å²) in [5.41, 5.74) is 7.20. The van der Waals surface area contributed by atoms with Crippen molar-refractivity contribution < 1.29 is 39.0 Å². The van der Waals surface area contributed by atoms with Gasteiger partial charge in [0, 0.05) is 61.3 Å². The molecule has 8 rings (SSSR count). The van der Waals surface area contributed by atoms with Crippen LogP contribution < -0.4 is 14.5 Å². The monoisotopic (exact) mass is 958 g/mol. The molecular formula is C49H46F3N4OPt-3. The summed E-state index contributed by atoms with van der Waals surface area (Å²) < 4.78 is 51.6. The Kier molecular flexibility index (Phi) is 10.4. The number of aromatic nitrogens is 2. The number of nitrogens with zero attached hydrogens (tertiary/aromatic N) is 4. The van der Waals surface area contributed by atoms with E-state index < -0.39 is 11.7 Å². The van der Waals surface area contributed by atoms with E-state index in [1.807, 2.05) is 42.5 Å². The molecule has 2 aromatic heterocycles. The van der Waals surface area contributed by atoms with Crippen LogP contribution in [0.4, 0.5) is 35.9 Å². The summed E-state index contributed by atoms with van der Waals surface area (Å²) in [6.45, 7) is 21.8. The first-order valence-electron chi connectivity index (χ1n) is 19.2. The summed E-state index contributed by atoms with van der Waals surface area (Å²) in [4.78, 5) is 8.96. The van der Waals surface area contributed by atoms with Crippen LogP contribution in [0.1, 0.15) is 84.6 Å². The number of hydrogen-bond donors (Lipinski definition) is 0. The van der Waals surface area contributed by atoms with Crippen molar-refractivity contribution >= 4 is 44.6 Å². The molecule has 0 spiro atoms. The first kappa shape index (κ1) is 41.1. The maximum Gasteiger partial charge on any atom is 0.416 e. The summed E-state index contributed by atoms with van der Waals surface area (Å²) in [5.74, 6) is 1.27. The van der Waals surface area contributed by atoms with Crippen LogP contribution >= 0.6 is 0 Å². The molecule has 7 aromatic rings. The Morgan fingerprint density at radius 2 is 1.24 bits per heavy atom. The van der Waals surface area contributed by atoms with Gasteiger partial charge in [-0.3, -0.25) is 0 Å². The minimum atomic E-state index is -4.56. The Bertz CT molecular complexity index is 2630. The summed E-state index contributed by atoms with van der Waals surface area (Å²) in [6.07, 6.45) is -2.86. The van der Waals surface area contributed by atoms with Crippen molar-refractivity contribution in [3.8, 4) is 17.3 Å². The van der Waals surface area contributed by atoms with Gasteiger partial charge >= 0.3 is 6.18 Å². The third kappa shape index (κ3) is 7.64. The van der Waals surface area contributed by atoms with Crippen LogP contribution in [0.5, 0.6) is 11.5 Å². The number of anilines is 4. The molecular weight excluding hydrogens is 913 g/mol. The molecule has 5 nitrogen and oxygen atoms in total. The topological polar surface area (TPSA) is 33.5 Å². The number of fused-ring (bicyclic) bond motifs is 4. The molecule has 58 heavy (non-hydrogen) atoms. The zero-order valence-electron chi connectivity index (χ0n) is 34.1. The first-order chi connectivity index (χ1) is 26.8. The predicted octanol–water partition coefficient (Wildman–Crippen LogP) is 13.9. The van der Waals surface area contributed by atoms with E-state index in [2.05, 4.69) is 126 Å². The average Bonchev–Trinajstić information content (AvgIpc) is 3.69. The largest absolute Gasteiger partial charge is 0.509 e. The number of alkyl halides is 3. The van der Waals surface area contributed by atoms with Crippen molar-refractivity contribution in [2.45, 2.75) is 84.7 Å². The van der Waals surface area contributed by atoms with E-state index in [-0.39, 0.29) is 42.7 Å². The molecule has 0 radical (unpaired) electrons. The van der Waals surface area contributed by atoms with E-state index in [0.717, 1.165) is 34.4 Å². The number of halogens is 3. The van der Waals surface area contributed by atoms with Crippen molar-refractivity contribution in [1.29, 1.82) is 0 Å². The molecule has 0 saturated heterocycles. The third-order valence-electron chi connectivity index (χ3n) is 10.6. The number of benzene rings is 5. The average molecular weight is 959 g/mol. The van der Waals surface area contributed by atoms with Crippen molar-refractivity contribution in [2.24, 2.45) is 0 Å². The van der Waals surface area contributed by atoms with Crippen LogP contribution in [0, 0.1) is 18.8 Å². The van der Waals surface area contributed by atoms with Gasteiger partial charge < -0.3 is 19.1 Å². The first-order valence-corrected chi connectivity index (χ1v) is 19.2. The van der Waals surface area contributed by atoms with E-state index in [1.165, 1.54) is 17.2 Å². The van der Waals surface area contributed by atoms with Crippen molar-refractivity contribution in [2.75, 3.05) is 9.80 Å². The predicted molar refractivity (Wildman–Crippen MR) is 225 cm³/mol. The molecule has 0 saturated carbocycles. The van der Waals surface area contributed by atoms with Gasteiger partial charge in [-0.05, 0) is 80.8 Å². The Balaban J connectivity index is 0.00000512. The Labute approximate surface area is 353 Å². The van der Waals surface area contributed by atoms with Crippen LogP contribution in [-0.4, -0.2) is 9.55 Å².